The maximum Gasteiger partial charge on any atom is 0.537 e. The van der Waals surface area contributed by atoms with Gasteiger partial charge in [0.15, 0.2) is 0 Å². The highest BCUT2D eigenvalue weighted by molar-refractivity contribution is 7.87. The van der Waals surface area contributed by atoms with E-state index in [1.165, 1.54) is 12.3 Å². The Balaban J connectivity index is 2.51. The third-order valence-corrected chi connectivity index (χ3v) is 2.91. The van der Waals surface area contributed by atoms with E-state index < -0.39 is 15.6 Å². The molecule has 5 nitrogen and oxygen atoms in total. The van der Waals surface area contributed by atoms with E-state index in [1.54, 1.807) is 18.2 Å². The van der Waals surface area contributed by atoms with Gasteiger partial charge in [-0.2, -0.15) is 25.9 Å². The van der Waals surface area contributed by atoms with Crippen LogP contribution in [0, 0.1) is 0 Å². The van der Waals surface area contributed by atoms with E-state index in [0.29, 0.717) is 10.1 Å². The van der Waals surface area contributed by atoms with Crippen LogP contribution in [0.25, 0.3) is 11.0 Å². The summed E-state index contributed by atoms with van der Waals surface area (Å²) >= 11 is 0. The van der Waals surface area contributed by atoms with Gasteiger partial charge in [-0.25, -0.2) is 0 Å². The fourth-order valence-corrected chi connectivity index (χ4v) is 1.64. The number of nitrogens with zero attached hydrogens (tertiary/aromatic N) is 2. The quantitative estimate of drug-likeness (QED) is 0.602. The fraction of sp³-hybridized carbons (Fsp3) is 0.111. The Morgan fingerprint density at radius 2 is 1.89 bits per heavy atom. The predicted molar refractivity (Wildman–Crippen MR) is 53.5 cm³/mol. The van der Waals surface area contributed by atoms with E-state index in [0.717, 1.165) is 6.20 Å². The zero-order chi connectivity index (χ0) is 13.4. The lowest BCUT2D eigenvalue weighted by molar-refractivity contribution is -0.837. The third kappa shape index (κ3) is 2.21. The van der Waals surface area contributed by atoms with Crippen LogP contribution in [0.3, 0.4) is 0 Å². The summed E-state index contributed by atoms with van der Waals surface area (Å²) in [5.74, 6) is 0. The Labute approximate surface area is 99.5 Å². The number of aromatic nitrogens is 2. The van der Waals surface area contributed by atoms with Gasteiger partial charge >= 0.3 is 21.3 Å². The highest BCUT2D eigenvalue weighted by atomic mass is 32.2. The molecule has 0 N–H and O–H groups in total. The summed E-state index contributed by atoms with van der Waals surface area (Å²) in [6.45, 7) is 0. The summed E-state index contributed by atoms with van der Waals surface area (Å²) < 4.78 is 62.7. The minimum Gasteiger partial charge on any atom is -0.195 e. The van der Waals surface area contributed by atoms with Crippen LogP contribution < -0.4 is 9.01 Å². The van der Waals surface area contributed by atoms with Crippen molar-refractivity contribution in [3.05, 3.63) is 36.7 Å². The normalized spacial score (nSPS) is 12.6. The third-order valence-electron chi connectivity index (χ3n) is 1.98. The lowest BCUT2D eigenvalue weighted by Gasteiger charge is -2.06. The van der Waals surface area contributed by atoms with Gasteiger partial charge in [-0.05, 0) is 34.0 Å². The predicted octanol–water partition coefficient (Wildman–Crippen LogP) is 0.801. The molecule has 0 atom stereocenters. The van der Waals surface area contributed by atoms with E-state index in [4.69, 9.17) is 0 Å². The largest absolute Gasteiger partial charge is 0.537 e. The Morgan fingerprint density at radius 3 is 2.56 bits per heavy atom. The molecule has 2 heterocycles. The molecule has 0 saturated heterocycles. The number of rotatable bonds is 2. The standard InChI is InChI=1S/C9H6F3N2O3S/c10-9(11,12)18(15,16)17-14-6-2-4-7-3-1-5-13-8(7)14/h1-6H/q+1. The molecular formula is C9H6F3N2O3S+. The SMILES string of the molecule is O=S(=O)(O[n+]1cccc2cccnc21)C(F)(F)F. The summed E-state index contributed by atoms with van der Waals surface area (Å²) in [5.41, 5.74) is -5.52. The summed E-state index contributed by atoms with van der Waals surface area (Å²) in [6, 6.07) is 6.02. The second-order valence-electron chi connectivity index (χ2n) is 3.22. The summed E-state index contributed by atoms with van der Waals surface area (Å²) in [4.78, 5) is 3.75. The molecule has 2 aromatic rings. The Bertz CT molecular complexity index is 680. The smallest absolute Gasteiger partial charge is 0.195 e. The first-order valence-corrected chi connectivity index (χ1v) is 5.99. The van der Waals surface area contributed by atoms with E-state index in [9.17, 15) is 21.6 Å². The number of halogens is 3. The van der Waals surface area contributed by atoms with Crippen molar-refractivity contribution in [3.63, 3.8) is 0 Å². The van der Waals surface area contributed by atoms with Gasteiger partial charge < -0.3 is 0 Å². The number of alkyl halides is 3. The number of pyridine rings is 2. The molecule has 0 bridgehead atoms. The molecule has 0 amide bonds. The first-order chi connectivity index (χ1) is 8.31. The Hall–Kier alpha value is -1.90. The van der Waals surface area contributed by atoms with Crippen LogP contribution in [-0.2, 0) is 10.1 Å². The molecule has 2 rings (SSSR count). The van der Waals surface area contributed by atoms with Gasteiger partial charge in [0.2, 0.25) is 0 Å². The van der Waals surface area contributed by atoms with Gasteiger partial charge in [-0.15, -0.1) is 0 Å². The van der Waals surface area contributed by atoms with Crippen molar-refractivity contribution in [2.75, 3.05) is 0 Å². The number of fused-ring (bicyclic) bond motifs is 1. The number of hydrogen-bond acceptors (Lipinski definition) is 4. The van der Waals surface area contributed by atoms with Crippen LogP contribution in [0.2, 0.25) is 0 Å². The molecule has 9 heteroatoms. The highest BCUT2D eigenvalue weighted by Gasteiger charge is 2.50. The van der Waals surface area contributed by atoms with Crippen molar-refractivity contribution in [1.82, 2.24) is 4.98 Å². The first-order valence-electron chi connectivity index (χ1n) is 4.58. The van der Waals surface area contributed by atoms with Crippen molar-refractivity contribution >= 4 is 21.2 Å². The zero-order valence-electron chi connectivity index (χ0n) is 8.63. The van der Waals surface area contributed by atoms with Crippen LogP contribution in [0.1, 0.15) is 0 Å². The molecular weight excluding hydrogens is 273 g/mol. The van der Waals surface area contributed by atoms with Crippen molar-refractivity contribution in [1.29, 1.82) is 0 Å². The van der Waals surface area contributed by atoms with Gasteiger partial charge in [-0.3, -0.25) is 0 Å². The molecule has 0 aliphatic carbocycles. The van der Waals surface area contributed by atoms with Gasteiger partial charge in [0, 0.05) is 0 Å². The number of hydrogen-bond donors (Lipinski definition) is 0. The average molecular weight is 279 g/mol. The molecule has 0 saturated carbocycles. The molecule has 0 aliphatic heterocycles. The van der Waals surface area contributed by atoms with Crippen LogP contribution in [-0.4, -0.2) is 18.9 Å². The van der Waals surface area contributed by atoms with Gasteiger partial charge in [0.1, 0.15) is 12.4 Å². The molecule has 0 unspecified atom stereocenters. The van der Waals surface area contributed by atoms with Crippen molar-refractivity contribution in [3.8, 4) is 0 Å². The summed E-state index contributed by atoms with van der Waals surface area (Å²) in [5, 5.41) is 0.442. The average Bonchev–Trinajstić information content (AvgIpc) is 2.27. The first kappa shape index (κ1) is 12.6. The molecule has 0 aliphatic rings. The van der Waals surface area contributed by atoms with Crippen molar-refractivity contribution in [2.24, 2.45) is 0 Å². The molecule has 2 aromatic heterocycles. The fourth-order valence-electron chi connectivity index (χ4n) is 1.23. The minimum atomic E-state index is -5.72. The molecule has 96 valence electrons. The minimum absolute atomic E-state index is 0.0344. The molecule has 0 spiro atoms. The van der Waals surface area contributed by atoms with Crippen LogP contribution in [0.15, 0.2) is 36.7 Å². The van der Waals surface area contributed by atoms with E-state index >= 15 is 0 Å². The van der Waals surface area contributed by atoms with E-state index in [1.807, 2.05) is 0 Å². The van der Waals surface area contributed by atoms with E-state index in [2.05, 4.69) is 9.27 Å². The van der Waals surface area contributed by atoms with E-state index in [-0.39, 0.29) is 5.65 Å². The van der Waals surface area contributed by atoms with Crippen molar-refractivity contribution < 1.29 is 30.6 Å². The van der Waals surface area contributed by atoms with Crippen molar-refractivity contribution in [2.45, 2.75) is 5.51 Å². The molecule has 0 radical (unpaired) electrons. The van der Waals surface area contributed by atoms with Gasteiger partial charge in [0.05, 0.1) is 5.39 Å². The topological polar surface area (TPSA) is 60.1 Å². The molecule has 18 heavy (non-hydrogen) atoms. The molecule has 0 aromatic carbocycles. The monoisotopic (exact) mass is 279 g/mol. The zero-order valence-corrected chi connectivity index (χ0v) is 9.44. The maximum atomic E-state index is 12.2. The Morgan fingerprint density at radius 1 is 1.22 bits per heavy atom. The molecule has 0 fully saturated rings. The van der Waals surface area contributed by atoms with Crippen LogP contribution in [0.5, 0.6) is 0 Å². The van der Waals surface area contributed by atoms with Gasteiger partial charge in [0.25, 0.3) is 0 Å². The second kappa shape index (κ2) is 4.09. The summed E-state index contributed by atoms with van der Waals surface area (Å²) in [6.07, 6.45) is 2.33. The maximum absolute atomic E-state index is 12.2. The second-order valence-corrected chi connectivity index (χ2v) is 4.74. The summed E-state index contributed by atoms with van der Waals surface area (Å²) in [7, 11) is -5.72. The van der Waals surface area contributed by atoms with Gasteiger partial charge in [-0.1, -0.05) is 0 Å². The lowest BCUT2D eigenvalue weighted by Crippen LogP contribution is -2.50. The lowest BCUT2D eigenvalue weighted by atomic mass is 10.3. The van der Waals surface area contributed by atoms with Crippen LogP contribution in [0.4, 0.5) is 13.2 Å². The van der Waals surface area contributed by atoms with Crippen LogP contribution >= 0.6 is 0 Å². The Kier molecular flexibility index (Phi) is 2.85. The highest BCUT2D eigenvalue weighted by Crippen LogP contribution is 2.22.